The van der Waals surface area contributed by atoms with E-state index in [2.05, 4.69) is 30.9 Å². The first kappa shape index (κ1) is 21.0. The van der Waals surface area contributed by atoms with Crippen LogP contribution in [0.4, 0.5) is 5.69 Å². The zero-order valence-corrected chi connectivity index (χ0v) is 18.4. The molecule has 0 saturated carbocycles. The van der Waals surface area contributed by atoms with Gasteiger partial charge >= 0.3 is 0 Å². The number of carbonyl (C=O) groups excluding carboxylic acids is 1. The van der Waals surface area contributed by atoms with Gasteiger partial charge in [0.15, 0.2) is 0 Å². The average molecular weight is 428 g/mol. The predicted molar refractivity (Wildman–Crippen MR) is 118 cm³/mol. The molecule has 0 spiro atoms. The van der Waals surface area contributed by atoms with Crippen molar-refractivity contribution in [1.82, 2.24) is 9.21 Å². The van der Waals surface area contributed by atoms with Crippen LogP contribution in [-0.2, 0) is 21.4 Å². The first-order chi connectivity index (χ1) is 14.4. The van der Waals surface area contributed by atoms with Crippen molar-refractivity contribution in [3.05, 3.63) is 60.2 Å². The standard InChI is InChI=1S/C23H29N3O3S/c1-18-15-24(16-19(2)26(18)17-20-7-4-3-5-8-20)30(28,29)22-12-10-21(11-13-22)25-14-6-9-23(25)27/h3-5,7-8,10-13,18-19H,6,9,14-17H2,1-2H3. The number of carbonyl (C=O) groups is 1. The molecule has 2 heterocycles. The molecule has 0 N–H and O–H groups in total. The van der Waals surface area contributed by atoms with E-state index in [1.54, 1.807) is 33.5 Å². The minimum atomic E-state index is -3.57. The van der Waals surface area contributed by atoms with Crippen molar-refractivity contribution in [2.45, 2.75) is 50.2 Å². The summed E-state index contributed by atoms with van der Waals surface area (Å²) < 4.78 is 28.1. The summed E-state index contributed by atoms with van der Waals surface area (Å²) in [6.07, 6.45) is 1.41. The molecule has 2 aromatic carbocycles. The highest BCUT2D eigenvalue weighted by molar-refractivity contribution is 7.89. The quantitative estimate of drug-likeness (QED) is 0.736. The molecule has 2 fully saturated rings. The van der Waals surface area contributed by atoms with Crippen molar-refractivity contribution in [3.63, 3.8) is 0 Å². The van der Waals surface area contributed by atoms with Crippen LogP contribution in [0.25, 0.3) is 0 Å². The highest BCUT2D eigenvalue weighted by atomic mass is 32.2. The Morgan fingerprint density at radius 3 is 2.13 bits per heavy atom. The summed E-state index contributed by atoms with van der Waals surface area (Å²) in [5, 5.41) is 0. The van der Waals surface area contributed by atoms with Crippen LogP contribution in [0.15, 0.2) is 59.5 Å². The number of piperazine rings is 1. The molecule has 2 atom stereocenters. The van der Waals surface area contributed by atoms with E-state index in [9.17, 15) is 13.2 Å². The first-order valence-electron chi connectivity index (χ1n) is 10.6. The summed E-state index contributed by atoms with van der Waals surface area (Å²) >= 11 is 0. The largest absolute Gasteiger partial charge is 0.312 e. The van der Waals surface area contributed by atoms with Gasteiger partial charge in [0, 0.05) is 50.4 Å². The van der Waals surface area contributed by atoms with Crippen LogP contribution in [0.5, 0.6) is 0 Å². The van der Waals surface area contributed by atoms with Crippen LogP contribution in [0, 0.1) is 0 Å². The van der Waals surface area contributed by atoms with Crippen molar-refractivity contribution in [2.75, 3.05) is 24.5 Å². The predicted octanol–water partition coefficient (Wildman–Crippen LogP) is 3.10. The molecule has 0 aromatic heterocycles. The van der Waals surface area contributed by atoms with E-state index in [4.69, 9.17) is 0 Å². The summed E-state index contributed by atoms with van der Waals surface area (Å²) in [7, 11) is -3.57. The summed E-state index contributed by atoms with van der Waals surface area (Å²) in [6, 6.07) is 17.3. The van der Waals surface area contributed by atoms with Crippen molar-refractivity contribution < 1.29 is 13.2 Å². The van der Waals surface area contributed by atoms with Gasteiger partial charge in [0.1, 0.15) is 0 Å². The van der Waals surface area contributed by atoms with Crippen LogP contribution in [0.3, 0.4) is 0 Å². The number of amides is 1. The van der Waals surface area contributed by atoms with Crippen molar-refractivity contribution in [3.8, 4) is 0 Å². The Morgan fingerprint density at radius 1 is 0.933 bits per heavy atom. The lowest BCUT2D eigenvalue weighted by Crippen LogP contribution is -2.57. The lowest BCUT2D eigenvalue weighted by Gasteiger charge is -2.43. The highest BCUT2D eigenvalue weighted by Gasteiger charge is 2.36. The number of nitrogens with zero attached hydrogens (tertiary/aromatic N) is 3. The van der Waals surface area contributed by atoms with Gasteiger partial charge in [-0.3, -0.25) is 9.69 Å². The van der Waals surface area contributed by atoms with E-state index in [-0.39, 0.29) is 22.9 Å². The third kappa shape index (κ3) is 4.15. The Bertz CT molecular complexity index is 980. The molecule has 0 aliphatic carbocycles. The summed E-state index contributed by atoms with van der Waals surface area (Å²) in [6.45, 7) is 6.61. The van der Waals surface area contributed by atoms with Crippen LogP contribution >= 0.6 is 0 Å². The molecule has 0 radical (unpaired) electrons. The molecule has 6 nitrogen and oxygen atoms in total. The van der Waals surface area contributed by atoms with E-state index in [0.717, 1.165) is 18.7 Å². The van der Waals surface area contributed by atoms with E-state index < -0.39 is 10.0 Å². The Labute approximate surface area is 179 Å². The topological polar surface area (TPSA) is 60.9 Å². The molecule has 2 aliphatic heterocycles. The Balaban J connectivity index is 1.47. The second-order valence-corrected chi connectivity index (χ2v) is 10.3. The highest BCUT2D eigenvalue weighted by Crippen LogP contribution is 2.27. The van der Waals surface area contributed by atoms with Gasteiger partial charge in [-0.05, 0) is 50.1 Å². The SMILES string of the molecule is CC1CN(S(=O)(=O)c2ccc(N3CCCC3=O)cc2)CC(C)N1Cc1ccccc1. The zero-order valence-electron chi connectivity index (χ0n) is 17.6. The maximum Gasteiger partial charge on any atom is 0.243 e. The number of hydrogen-bond donors (Lipinski definition) is 0. The van der Waals surface area contributed by atoms with Gasteiger partial charge < -0.3 is 4.90 Å². The van der Waals surface area contributed by atoms with Gasteiger partial charge in [-0.2, -0.15) is 4.31 Å². The van der Waals surface area contributed by atoms with Crippen LogP contribution < -0.4 is 4.90 Å². The molecule has 2 saturated heterocycles. The molecule has 2 unspecified atom stereocenters. The summed E-state index contributed by atoms with van der Waals surface area (Å²) in [5.74, 6) is 0.0998. The monoisotopic (exact) mass is 427 g/mol. The summed E-state index contributed by atoms with van der Waals surface area (Å²) in [4.78, 5) is 16.3. The second kappa shape index (κ2) is 8.49. The van der Waals surface area contributed by atoms with Gasteiger partial charge in [-0.25, -0.2) is 8.42 Å². The number of anilines is 1. The number of rotatable bonds is 5. The summed E-state index contributed by atoms with van der Waals surface area (Å²) in [5.41, 5.74) is 2.01. The molecule has 160 valence electrons. The second-order valence-electron chi connectivity index (χ2n) is 8.32. The third-order valence-electron chi connectivity index (χ3n) is 6.14. The molecular formula is C23H29N3O3S. The fourth-order valence-corrected chi connectivity index (χ4v) is 6.08. The molecule has 2 aromatic rings. The van der Waals surface area contributed by atoms with Crippen LogP contribution in [-0.4, -0.2) is 55.2 Å². The lowest BCUT2D eigenvalue weighted by atomic mass is 10.1. The van der Waals surface area contributed by atoms with Crippen molar-refractivity contribution in [1.29, 1.82) is 0 Å². The van der Waals surface area contributed by atoms with Gasteiger partial charge in [0.2, 0.25) is 15.9 Å². The molecule has 0 bridgehead atoms. The minimum Gasteiger partial charge on any atom is -0.312 e. The Kier molecular flexibility index (Phi) is 5.95. The Hall–Kier alpha value is -2.22. The smallest absolute Gasteiger partial charge is 0.243 e. The van der Waals surface area contributed by atoms with E-state index in [0.29, 0.717) is 26.1 Å². The number of sulfonamides is 1. The van der Waals surface area contributed by atoms with Gasteiger partial charge in [0.25, 0.3) is 0 Å². The number of hydrogen-bond acceptors (Lipinski definition) is 4. The maximum absolute atomic E-state index is 13.3. The Morgan fingerprint density at radius 2 is 1.57 bits per heavy atom. The van der Waals surface area contributed by atoms with Crippen molar-refractivity contribution >= 4 is 21.6 Å². The van der Waals surface area contributed by atoms with E-state index >= 15 is 0 Å². The fraction of sp³-hybridized carbons (Fsp3) is 0.435. The molecule has 1 amide bonds. The molecule has 4 rings (SSSR count). The van der Waals surface area contributed by atoms with Crippen LogP contribution in [0.1, 0.15) is 32.3 Å². The van der Waals surface area contributed by atoms with E-state index in [1.165, 1.54) is 5.56 Å². The maximum atomic E-state index is 13.3. The third-order valence-corrected chi connectivity index (χ3v) is 7.98. The normalized spacial score (nSPS) is 23.8. The van der Waals surface area contributed by atoms with Crippen LogP contribution in [0.2, 0.25) is 0 Å². The molecule has 7 heteroatoms. The van der Waals surface area contributed by atoms with Gasteiger partial charge in [-0.1, -0.05) is 30.3 Å². The number of benzene rings is 2. The van der Waals surface area contributed by atoms with Gasteiger partial charge in [0.05, 0.1) is 4.90 Å². The first-order valence-corrected chi connectivity index (χ1v) is 12.0. The minimum absolute atomic E-state index is 0.0998. The van der Waals surface area contributed by atoms with Crippen molar-refractivity contribution in [2.24, 2.45) is 0 Å². The zero-order chi connectivity index (χ0) is 21.3. The van der Waals surface area contributed by atoms with Gasteiger partial charge in [-0.15, -0.1) is 0 Å². The average Bonchev–Trinajstić information content (AvgIpc) is 3.17. The van der Waals surface area contributed by atoms with E-state index in [1.807, 2.05) is 18.2 Å². The molecular weight excluding hydrogens is 398 g/mol. The fourth-order valence-electron chi connectivity index (χ4n) is 4.48. The molecule has 2 aliphatic rings. The molecule has 30 heavy (non-hydrogen) atoms. The lowest BCUT2D eigenvalue weighted by molar-refractivity contribution is -0.117.